The van der Waals surface area contributed by atoms with Gasteiger partial charge in [0.05, 0.1) is 23.7 Å². The molecule has 154 valence electrons. The number of rotatable bonds is 12. The molecule has 29 heavy (non-hydrogen) atoms. The number of carbonyl (C=O) groups is 1. The van der Waals surface area contributed by atoms with Gasteiger partial charge in [0.15, 0.2) is 0 Å². The highest BCUT2D eigenvalue weighted by Crippen LogP contribution is 2.21. The number of aryl methyl sites for hydroxylation is 2. The van der Waals surface area contributed by atoms with Crippen molar-refractivity contribution in [2.45, 2.75) is 65.2 Å². The van der Waals surface area contributed by atoms with E-state index in [9.17, 15) is 4.79 Å². The standard InChI is InChI=1S/C24H31N3O2/c1-3-4-5-6-7-8-21-16-27-23(17-26-21)20-13-11-19(12-14-20)10-9-18(2)22(15-25)24(28)29/h11-14,16-18,22H,3-10H2,1-2H3,(H,28,29). The normalized spacial score (nSPS) is 12.9. The van der Waals surface area contributed by atoms with E-state index in [1.807, 2.05) is 49.7 Å². The van der Waals surface area contributed by atoms with Crippen molar-refractivity contribution in [1.29, 1.82) is 5.26 Å². The predicted octanol–water partition coefficient (Wildman–Crippen LogP) is 5.45. The van der Waals surface area contributed by atoms with Crippen LogP contribution in [0.25, 0.3) is 11.3 Å². The smallest absolute Gasteiger partial charge is 0.321 e. The fourth-order valence-corrected chi connectivity index (χ4v) is 3.37. The number of carboxylic acids is 1. The summed E-state index contributed by atoms with van der Waals surface area (Å²) in [6, 6.07) is 9.99. The summed E-state index contributed by atoms with van der Waals surface area (Å²) >= 11 is 0. The zero-order chi connectivity index (χ0) is 21.1. The molecule has 5 heteroatoms. The molecule has 2 aromatic rings. The third-order valence-electron chi connectivity index (χ3n) is 5.35. The van der Waals surface area contributed by atoms with Gasteiger partial charge in [-0.15, -0.1) is 0 Å². The van der Waals surface area contributed by atoms with Crippen molar-refractivity contribution in [3.63, 3.8) is 0 Å². The number of nitriles is 1. The molecule has 0 spiro atoms. The van der Waals surface area contributed by atoms with Crippen LogP contribution >= 0.6 is 0 Å². The van der Waals surface area contributed by atoms with Crippen LogP contribution in [0, 0.1) is 23.2 Å². The first-order valence-corrected chi connectivity index (χ1v) is 10.6. The van der Waals surface area contributed by atoms with Gasteiger partial charge >= 0.3 is 5.97 Å². The minimum absolute atomic E-state index is 0.183. The lowest BCUT2D eigenvalue weighted by atomic mass is 9.89. The molecule has 5 nitrogen and oxygen atoms in total. The summed E-state index contributed by atoms with van der Waals surface area (Å²) in [4.78, 5) is 20.2. The topological polar surface area (TPSA) is 86.9 Å². The van der Waals surface area contributed by atoms with Crippen LogP contribution in [0.15, 0.2) is 36.7 Å². The van der Waals surface area contributed by atoms with E-state index in [0.717, 1.165) is 41.8 Å². The zero-order valence-corrected chi connectivity index (χ0v) is 17.5. The average Bonchev–Trinajstić information content (AvgIpc) is 2.73. The van der Waals surface area contributed by atoms with Crippen LogP contribution in [0.5, 0.6) is 0 Å². The first kappa shape index (κ1) is 22.5. The van der Waals surface area contributed by atoms with Crippen molar-refractivity contribution in [2.24, 2.45) is 11.8 Å². The Bertz CT molecular complexity index is 794. The molecule has 2 rings (SSSR count). The average molecular weight is 394 g/mol. The molecule has 1 aromatic heterocycles. The molecular formula is C24H31N3O2. The molecular weight excluding hydrogens is 362 g/mol. The number of hydrogen-bond donors (Lipinski definition) is 1. The Morgan fingerprint density at radius 1 is 1.07 bits per heavy atom. The molecule has 0 amide bonds. The first-order valence-electron chi connectivity index (χ1n) is 10.6. The first-order chi connectivity index (χ1) is 14.0. The quantitative estimate of drug-likeness (QED) is 0.485. The van der Waals surface area contributed by atoms with E-state index in [-0.39, 0.29) is 5.92 Å². The Morgan fingerprint density at radius 2 is 1.79 bits per heavy atom. The monoisotopic (exact) mass is 393 g/mol. The van der Waals surface area contributed by atoms with E-state index in [2.05, 4.69) is 16.9 Å². The molecule has 0 aliphatic carbocycles. The van der Waals surface area contributed by atoms with E-state index in [4.69, 9.17) is 10.4 Å². The van der Waals surface area contributed by atoms with Crippen molar-refractivity contribution < 1.29 is 9.90 Å². The largest absolute Gasteiger partial charge is 0.480 e. The van der Waals surface area contributed by atoms with Crippen molar-refractivity contribution in [3.8, 4) is 17.3 Å². The highest BCUT2D eigenvalue weighted by atomic mass is 16.4. The maximum Gasteiger partial charge on any atom is 0.321 e. The SMILES string of the molecule is CCCCCCCc1cnc(-c2ccc(CCC(C)C(C#N)C(=O)O)cc2)cn1. The number of aliphatic carboxylic acids is 1. The molecule has 0 radical (unpaired) electrons. The summed E-state index contributed by atoms with van der Waals surface area (Å²) in [7, 11) is 0. The predicted molar refractivity (Wildman–Crippen MR) is 114 cm³/mol. The summed E-state index contributed by atoms with van der Waals surface area (Å²) in [5.41, 5.74) is 4.04. The third-order valence-corrected chi connectivity index (χ3v) is 5.35. The fraction of sp³-hybridized carbons (Fsp3) is 0.500. The number of benzene rings is 1. The summed E-state index contributed by atoms with van der Waals surface area (Å²) in [6.45, 7) is 4.04. The Morgan fingerprint density at radius 3 is 2.38 bits per heavy atom. The van der Waals surface area contributed by atoms with Gasteiger partial charge in [0.1, 0.15) is 5.92 Å². The van der Waals surface area contributed by atoms with E-state index < -0.39 is 11.9 Å². The van der Waals surface area contributed by atoms with Crippen LogP contribution in [-0.4, -0.2) is 21.0 Å². The number of hydrogen-bond acceptors (Lipinski definition) is 4. The molecule has 1 heterocycles. The van der Waals surface area contributed by atoms with Crippen molar-refractivity contribution >= 4 is 5.97 Å². The molecule has 2 unspecified atom stereocenters. The van der Waals surface area contributed by atoms with E-state index in [1.54, 1.807) is 0 Å². The van der Waals surface area contributed by atoms with Gasteiger partial charge in [-0.25, -0.2) is 0 Å². The second-order valence-electron chi connectivity index (χ2n) is 7.72. The maximum atomic E-state index is 11.1. The van der Waals surface area contributed by atoms with E-state index in [0.29, 0.717) is 6.42 Å². The Kier molecular flexibility index (Phi) is 9.30. The molecule has 0 aliphatic rings. The molecule has 2 atom stereocenters. The molecule has 0 saturated heterocycles. The molecule has 1 N–H and O–H groups in total. The highest BCUT2D eigenvalue weighted by Gasteiger charge is 2.23. The number of unbranched alkanes of at least 4 members (excludes halogenated alkanes) is 4. The molecule has 0 bridgehead atoms. The van der Waals surface area contributed by atoms with Crippen LogP contribution in [0.1, 0.15) is 63.6 Å². The second kappa shape index (κ2) is 12.0. The molecule has 0 saturated carbocycles. The fourth-order valence-electron chi connectivity index (χ4n) is 3.37. The van der Waals surface area contributed by atoms with E-state index >= 15 is 0 Å². The van der Waals surface area contributed by atoms with Gasteiger partial charge in [-0.1, -0.05) is 63.8 Å². The third kappa shape index (κ3) is 7.30. The lowest BCUT2D eigenvalue weighted by Gasteiger charge is -2.13. The zero-order valence-electron chi connectivity index (χ0n) is 17.5. The van der Waals surface area contributed by atoms with Crippen molar-refractivity contribution in [3.05, 3.63) is 47.9 Å². The highest BCUT2D eigenvalue weighted by molar-refractivity contribution is 5.73. The Labute approximate surface area is 173 Å². The van der Waals surface area contributed by atoms with Crippen LogP contribution < -0.4 is 0 Å². The number of carboxylic acid groups (broad SMARTS) is 1. The second-order valence-corrected chi connectivity index (χ2v) is 7.72. The summed E-state index contributed by atoms with van der Waals surface area (Å²) in [5.74, 6) is -2.18. The molecule has 0 fully saturated rings. The van der Waals surface area contributed by atoms with Gasteiger partial charge < -0.3 is 5.11 Å². The number of aromatic nitrogens is 2. The minimum atomic E-state index is -1.04. The molecule has 1 aromatic carbocycles. The maximum absolute atomic E-state index is 11.1. The number of nitrogens with zero attached hydrogens (tertiary/aromatic N) is 3. The van der Waals surface area contributed by atoms with Crippen LogP contribution in [0.4, 0.5) is 0 Å². The van der Waals surface area contributed by atoms with Crippen molar-refractivity contribution in [1.82, 2.24) is 9.97 Å². The van der Waals surface area contributed by atoms with Gasteiger partial charge in [0.2, 0.25) is 0 Å². The van der Waals surface area contributed by atoms with Gasteiger partial charge in [-0.05, 0) is 37.2 Å². The van der Waals surface area contributed by atoms with Crippen LogP contribution in [-0.2, 0) is 17.6 Å². The lowest BCUT2D eigenvalue weighted by molar-refractivity contribution is -0.141. The van der Waals surface area contributed by atoms with Crippen molar-refractivity contribution in [2.75, 3.05) is 0 Å². The van der Waals surface area contributed by atoms with Crippen LogP contribution in [0.3, 0.4) is 0 Å². The van der Waals surface area contributed by atoms with Gasteiger partial charge in [-0.3, -0.25) is 14.8 Å². The van der Waals surface area contributed by atoms with Crippen LogP contribution in [0.2, 0.25) is 0 Å². The van der Waals surface area contributed by atoms with Gasteiger partial charge in [0.25, 0.3) is 0 Å². The Balaban J connectivity index is 1.86. The summed E-state index contributed by atoms with van der Waals surface area (Å²) < 4.78 is 0. The Hall–Kier alpha value is -2.74. The summed E-state index contributed by atoms with van der Waals surface area (Å²) in [5, 5.41) is 18.1. The minimum Gasteiger partial charge on any atom is -0.480 e. The summed E-state index contributed by atoms with van der Waals surface area (Å²) in [6.07, 6.45) is 12.4. The van der Waals surface area contributed by atoms with Gasteiger partial charge in [-0.2, -0.15) is 5.26 Å². The van der Waals surface area contributed by atoms with Gasteiger partial charge in [0, 0.05) is 11.8 Å². The van der Waals surface area contributed by atoms with E-state index in [1.165, 1.54) is 25.7 Å². The lowest BCUT2D eigenvalue weighted by Crippen LogP contribution is -2.20. The molecule has 0 aliphatic heterocycles.